The van der Waals surface area contributed by atoms with Crippen molar-refractivity contribution in [2.24, 2.45) is 0 Å². The van der Waals surface area contributed by atoms with Crippen LogP contribution in [-0.4, -0.2) is 177 Å². The Kier molecular flexibility index (Phi) is 32.1. The standard InChI is InChI=1S/C30H28BCl2F2N3O6S.C24H19F2N7O3S.C23H26BF2N3O5S.C7H5BrN4.C7H3Cl3O/c1-6-12-45(41,42)37-22-11-10-21(34)24(25(22)35)26(39)18-15-38(28(40)23-19(32)8-7-9-20(23)33)27-17(18)13-16(14-36-27)31-43-29(2,3)30(4,5)44-31;1-2-8-37(35,36)32-19-5-4-18(25)20(21(19)26)22(34)17-12-30-23-16(17)9-14(10-29-23)15-11-31-33(13-15)24-27-6-3-7-28-24;1-6-9-35(31,32)29-17-8-7-16(25)18(19(17)26)20(30)15-12-28-21-14(15)10-13(11-27-21)24-33-22(2,3)23(4,5)34-24;8-6-4-11-12(5-6)7-9-2-1-3-10-7;8-4-2-1-3-5(9)6(4)7(10)11/h7-11,13-15,37H,6,12H2,1-5H3;3-7,9-13,32H,2,8H2,1H3,(H,29,30);7-8,10-12,29H,6,9H2,1-5H3,(H,27,28);1-5H;1-3H. The molecule has 2 saturated heterocycles. The second-order valence-electron chi connectivity index (χ2n) is 33.2. The van der Waals surface area contributed by atoms with E-state index >= 15 is 17.6 Å². The lowest BCUT2D eigenvalue weighted by molar-refractivity contribution is 0.00578. The number of rotatable bonds is 25. The number of hydrogen-bond acceptors (Lipinski definition) is 24. The molecular weight excluding hydrogens is 2060 g/mol. The molecule has 140 heavy (non-hydrogen) atoms. The number of anilines is 3. The molecule has 49 heteroatoms. The molecule has 10 aromatic heterocycles. The van der Waals surface area contributed by atoms with Crippen LogP contribution in [0, 0.1) is 34.9 Å². The summed E-state index contributed by atoms with van der Waals surface area (Å²) in [6, 6.07) is 22.7. The Morgan fingerprint density at radius 2 is 0.793 bits per heavy atom. The zero-order chi connectivity index (χ0) is 102. The molecule has 0 spiro atoms. The first kappa shape index (κ1) is 105. The van der Waals surface area contributed by atoms with Gasteiger partial charge in [0, 0.05) is 124 Å². The maximum Gasteiger partial charge on any atom is 0.496 e. The molecule has 0 saturated carbocycles. The average Bonchev–Trinajstić information content (AvgIpc) is 1.60. The van der Waals surface area contributed by atoms with Crippen molar-refractivity contribution in [3.63, 3.8) is 0 Å². The van der Waals surface area contributed by atoms with Crippen molar-refractivity contribution in [1.82, 2.24) is 69.0 Å². The molecular formula is C91H81B2BrCl5F6N17O15S3. The van der Waals surface area contributed by atoms with Crippen molar-refractivity contribution in [3.05, 3.63) is 294 Å². The van der Waals surface area contributed by atoms with Crippen LogP contribution in [0.25, 0.3) is 56.1 Å². The Bertz CT molecular complexity index is 7640. The van der Waals surface area contributed by atoms with Crippen LogP contribution < -0.4 is 25.1 Å². The molecule has 0 bridgehead atoms. The van der Waals surface area contributed by atoms with E-state index in [1.807, 2.05) is 55.4 Å². The van der Waals surface area contributed by atoms with Crippen molar-refractivity contribution >= 4 is 208 Å². The van der Waals surface area contributed by atoms with E-state index in [2.05, 4.69) is 85.1 Å². The number of nitrogens with zero attached hydrogens (tertiary/aromatic N) is 12. The fraction of sp³-hybridized carbons (Fsp3) is 0.231. The SMILES string of the molecule is Brc1cnn(-c2ncccn2)c1.CCCS(=O)(=O)Nc1ccc(F)c(C(=O)c2c[nH]c3ncc(-c4cnn(-c5ncccn5)c4)cc23)c1F.CCCS(=O)(=O)Nc1ccc(F)c(C(=O)c2c[nH]c3ncc(B4OC(C)(C)C(C)(C)O4)cc23)c1F.CCCS(=O)(=O)Nc1ccc(F)c(C(=O)c2cn(C(=O)c3c(Cl)cccc3Cl)c3ncc(B4OC(C)(C)C(C)(C)O4)cc23)c1F.O=C(Cl)c1c(Cl)cccc1Cl. The molecule has 0 amide bonds. The maximum atomic E-state index is 15.7. The van der Waals surface area contributed by atoms with Crippen LogP contribution >= 0.6 is 73.9 Å². The van der Waals surface area contributed by atoms with Gasteiger partial charge in [-0.2, -0.15) is 10.2 Å². The molecule has 5 aromatic carbocycles. The number of pyridine rings is 3. The van der Waals surface area contributed by atoms with Gasteiger partial charge < -0.3 is 28.6 Å². The predicted octanol–water partition coefficient (Wildman–Crippen LogP) is 18.2. The summed E-state index contributed by atoms with van der Waals surface area (Å²) in [5, 5.41) is 8.92. The molecule has 15 aromatic rings. The average molecular weight is 2140 g/mol. The molecule has 12 heterocycles. The number of carbonyl (C=O) groups is 5. The maximum absolute atomic E-state index is 15.7. The summed E-state index contributed by atoms with van der Waals surface area (Å²) in [7, 11) is -13.4. The van der Waals surface area contributed by atoms with Crippen LogP contribution in [-0.2, 0) is 48.7 Å². The van der Waals surface area contributed by atoms with E-state index in [1.54, 1.807) is 136 Å². The minimum absolute atomic E-state index is 0.0280. The third-order valence-electron chi connectivity index (χ3n) is 22.2. The number of ketones is 3. The van der Waals surface area contributed by atoms with Crippen LogP contribution in [0.5, 0.6) is 0 Å². The third kappa shape index (κ3) is 23.2. The van der Waals surface area contributed by atoms with Gasteiger partial charge in [0.05, 0.1) is 127 Å². The molecule has 17 rings (SSSR count). The molecule has 0 atom stereocenters. The van der Waals surface area contributed by atoms with Gasteiger partial charge in [-0.3, -0.25) is 42.7 Å². The highest BCUT2D eigenvalue weighted by Gasteiger charge is 2.53. The summed E-state index contributed by atoms with van der Waals surface area (Å²) >= 11 is 32.4. The highest BCUT2D eigenvalue weighted by Crippen LogP contribution is 2.41. The molecule has 0 unspecified atom stereocenters. The molecule has 0 radical (unpaired) electrons. The summed E-state index contributed by atoms with van der Waals surface area (Å²) in [6.45, 7) is 19.9. The lowest BCUT2D eigenvalue weighted by atomic mass is 9.79. The van der Waals surface area contributed by atoms with Crippen LogP contribution in [0.15, 0.2) is 194 Å². The Hall–Kier alpha value is -12.2. The minimum atomic E-state index is -3.98. The summed E-state index contributed by atoms with van der Waals surface area (Å²) in [5.41, 5.74) is -4.56. The number of aromatic amines is 2. The topological polar surface area (TPSA) is 423 Å². The van der Waals surface area contributed by atoms with E-state index in [1.165, 1.54) is 41.5 Å². The van der Waals surface area contributed by atoms with E-state index in [4.69, 9.17) is 76.6 Å². The number of aromatic nitrogens is 14. The van der Waals surface area contributed by atoms with Crippen molar-refractivity contribution < 1.29 is 94.2 Å². The van der Waals surface area contributed by atoms with Crippen LogP contribution in [0.1, 0.15) is 164 Å². The van der Waals surface area contributed by atoms with E-state index in [-0.39, 0.29) is 82.6 Å². The predicted molar refractivity (Wildman–Crippen MR) is 524 cm³/mol. The summed E-state index contributed by atoms with van der Waals surface area (Å²) in [4.78, 5) is 100. The fourth-order valence-electron chi connectivity index (χ4n) is 13.9. The first-order chi connectivity index (χ1) is 66.0. The second kappa shape index (κ2) is 42.7. The van der Waals surface area contributed by atoms with Gasteiger partial charge in [0.15, 0.2) is 17.5 Å². The van der Waals surface area contributed by atoms with Crippen molar-refractivity contribution in [2.75, 3.05) is 31.4 Å². The van der Waals surface area contributed by atoms with Gasteiger partial charge in [-0.25, -0.2) is 95.8 Å². The Balaban J connectivity index is 0.000000159. The largest absolute Gasteiger partial charge is 0.496 e. The van der Waals surface area contributed by atoms with Crippen LogP contribution in [0.2, 0.25) is 20.1 Å². The number of carbonyl (C=O) groups excluding carboxylic acids is 5. The number of halogens is 12. The minimum Gasteiger partial charge on any atom is -0.399 e. The molecule has 0 aliphatic carbocycles. The third-order valence-corrected chi connectivity index (χ3v) is 28.5. The number of hydrogen-bond donors (Lipinski definition) is 5. The second-order valence-corrected chi connectivity index (χ2v) is 41.6. The first-order valence-electron chi connectivity index (χ1n) is 42.2. The van der Waals surface area contributed by atoms with E-state index in [9.17, 15) is 58.0 Å². The van der Waals surface area contributed by atoms with E-state index in [0.717, 1.165) is 51.6 Å². The lowest BCUT2D eigenvalue weighted by Crippen LogP contribution is -2.41. The van der Waals surface area contributed by atoms with Gasteiger partial charge in [-0.1, -0.05) is 79.3 Å². The molecule has 32 nitrogen and oxygen atoms in total. The van der Waals surface area contributed by atoms with Crippen LogP contribution in [0.3, 0.4) is 0 Å². The normalized spacial score (nSPS) is 14.1. The quantitative estimate of drug-likeness (QED) is 0.0153. The highest BCUT2D eigenvalue weighted by molar-refractivity contribution is 9.10. The highest BCUT2D eigenvalue weighted by atomic mass is 79.9. The molecule has 2 fully saturated rings. The van der Waals surface area contributed by atoms with Gasteiger partial charge in [0.1, 0.15) is 34.4 Å². The first-order valence-corrected chi connectivity index (χ1v) is 49.8. The smallest absolute Gasteiger partial charge is 0.399 e. The van der Waals surface area contributed by atoms with E-state index < -0.39 is 164 Å². The number of H-pyrrole nitrogens is 2. The number of sulfonamides is 3. The monoisotopic (exact) mass is 2140 g/mol. The summed E-state index contributed by atoms with van der Waals surface area (Å²) in [6.07, 6.45) is 22.3. The van der Waals surface area contributed by atoms with E-state index in [0.29, 0.717) is 68.9 Å². The summed E-state index contributed by atoms with van der Waals surface area (Å²) < 4.78 is 199. The molecule has 2 aliphatic heterocycles. The van der Waals surface area contributed by atoms with Gasteiger partial charge in [0.2, 0.25) is 59.3 Å². The molecule has 728 valence electrons. The van der Waals surface area contributed by atoms with Crippen molar-refractivity contribution in [1.29, 1.82) is 0 Å². The van der Waals surface area contributed by atoms with Gasteiger partial charge in [0.25, 0.3) is 11.1 Å². The zero-order valence-electron chi connectivity index (χ0n) is 75.5. The number of benzene rings is 5. The van der Waals surface area contributed by atoms with Gasteiger partial charge >= 0.3 is 14.2 Å². The Morgan fingerprint density at radius 1 is 0.429 bits per heavy atom. The number of fused-ring (bicyclic) bond motifs is 3. The zero-order valence-corrected chi connectivity index (χ0v) is 83.4. The number of nitrogens with one attached hydrogen (secondary N) is 5. The van der Waals surface area contributed by atoms with Crippen molar-refractivity contribution in [2.45, 2.75) is 118 Å². The summed E-state index contributed by atoms with van der Waals surface area (Å²) in [5.74, 6) is -11.2. The molecule has 5 N–H and O–H groups in total. The van der Waals surface area contributed by atoms with Gasteiger partial charge in [-0.15, -0.1) is 0 Å². The Labute approximate surface area is 831 Å². The molecule has 2 aliphatic rings. The lowest BCUT2D eigenvalue weighted by Gasteiger charge is -2.32. The fourth-order valence-corrected chi connectivity index (χ4v) is 19.0. The van der Waals surface area contributed by atoms with Crippen molar-refractivity contribution in [3.8, 4) is 23.0 Å². The van der Waals surface area contributed by atoms with Gasteiger partial charge in [-0.05, 0) is 193 Å². The van der Waals surface area contributed by atoms with Crippen LogP contribution in [0.4, 0.5) is 43.4 Å². The Morgan fingerprint density at radius 3 is 1.18 bits per heavy atom.